The molecule has 0 aromatic carbocycles. The zero-order chi connectivity index (χ0) is 12.9. The minimum absolute atomic E-state index is 1.01. The first-order valence-corrected chi connectivity index (χ1v) is 5.80. The third-order valence-corrected chi connectivity index (χ3v) is 1.54. The first kappa shape index (κ1) is 15.2. The van der Waals surface area contributed by atoms with Gasteiger partial charge in [-0.1, -0.05) is 26.3 Å². The summed E-state index contributed by atoms with van der Waals surface area (Å²) in [5, 5.41) is 0. The van der Waals surface area contributed by atoms with Crippen LogP contribution in [-0.4, -0.2) is 15.0 Å². The first-order chi connectivity index (χ1) is 8.20. The summed E-state index contributed by atoms with van der Waals surface area (Å²) in [7, 11) is 0. The highest BCUT2D eigenvalue weighted by Gasteiger charge is 1.74. The Morgan fingerprint density at radius 2 is 1.53 bits per heavy atom. The van der Waals surface area contributed by atoms with E-state index in [0.29, 0.717) is 0 Å². The highest BCUT2D eigenvalue weighted by Crippen LogP contribution is 1.86. The Labute approximate surface area is 104 Å². The SMILES string of the molecule is CCC.Cc1ccccn1.Cc1ccncn1. The van der Waals surface area contributed by atoms with Crippen molar-refractivity contribution in [3.05, 3.63) is 54.4 Å². The molecular weight excluding hydrogens is 210 g/mol. The van der Waals surface area contributed by atoms with Gasteiger partial charge in [0, 0.05) is 23.8 Å². The van der Waals surface area contributed by atoms with Crippen molar-refractivity contribution in [1.82, 2.24) is 15.0 Å². The standard InChI is InChI=1S/C6H7N.C5H6N2.C3H8/c1-6-4-2-3-5-7-6;1-5-2-3-6-4-7-5;1-3-2/h2-5H,1H3;2-4H,1H3;3H2,1-2H3. The predicted molar refractivity (Wildman–Crippen MR) is 71.7 cm³/mol. The molecule has 0 aliphatic carbocycles. The molecule has 0 radical (unpaired) electrons. The predicted octanol–water partition coefficient (Wildman–Crippen LogP) is 3.59. The fourth-order valence-corrected chi connectivity index (χ4v) is 0.805. The number of hydrogen-bond donors (Lipinski definition) is 0. The third kappa shape index (κ3) is 10.5. The molecule has 0 saturated carbocycles. The van der Waals surface area contributed by atoms with Crippen molar-refractivity contribution in [2.75, 3.05) is 0 Å². The van der Waals surface area contributed by atoms with Crippen LogP contribution in [0, 0.1) is 13.8 Å². The van der Waals surface area contributed by atoms with E-state index in [9.17, 15) is 0 Å². The molecule has 3 nitrogen and oxygen atoms in total. The summed E-state index contributed by atoms with van der Waals surface area (Å²) in [5.41, 5.74) is 2.08. The average molecular weight is 231 g/mol. The number of rotatable bonds is 0. The summed E-state index contributed by atoms with van der Waals surface area (Å²) in [6, 6.07) is 7.72. The highest BCUT2D eigenvalue weighted by atomic mass is 14.8. The zero-order valence-corrected chi connectivity index (χ0v) is 11.1. The van der Waals surface area contributed by atoms with E-state index < -0.39 is 0 Å². The minimum atomic E-state index is 1.01. The van der Waals surface area contributed by atoms with E-state index in [1.165, 1.54) is 12.7 Å². The second-order valence-corrected chi connectivity index (χ2v) is 3.53. The number of hydrogen-bond acceptors (Lipinski definition) is 3. The van der Waals surface area contributed by atoms with Crippen LogP contribution in [0.1, 0.15) is 31.7 Å². The molecular formula is C14H21N3. The van der Waals surface area contributed by atoms with Crippen molar-refractivity contribution in [1.29, 1.82) is 0 Å². The van der Waals surface area contributed by atoms with Gasteiger partial charge in [0.2, 0.25) is 0 Å². The molecule has 2 aromatic rings. The molecule has 0 spiro atoms. The maximum absolute atomic E-state index is 3.98. The topological polar surface area (TPSA) is 38.7 Å². The van der Waals surface area contributed by atoms with Gasteiger partial charge in [-0.15, -0.1) is 0 Å². The maximum atomic E-state index is 3.98. The van der Waals surface area contributed by atoms with Crippen molar-refractivity contribution in [3.8, 4) is 0 Å². The largest absolute Gasteiger partial charge is 0.262 e. The Morgan fingerprint density at radius 3 is 1.76 bits per heavy atom. The van der Waals surface area contributed by atoms with Crippen LogP contribution >= 0.6 is 0 Å². The lowest BCUT2D eigenvalue weighted by molar-refractivity contribution is 1.09. The van der Waals surface area contributed by atoms with Crippen molar-refractivity contribution >= 4 is 0 Å². The van der Waals surface area contributed by atoms with Crippen molar-refractivity contribution in [3.63, 3.8) is 0 Å². The van der Waals surface area contributed by atoms with Gasteiger partial charge < -0.3 is 0 Å². The summed E-state index contributed by atoms with van der Waals surface area (Å²) in [4.78, 5) is 11.6. The van der Waals surface area contributed by atoms with E-state index in [2.05, 4.69) is 28.8 Å². The van der Waals surface area contributed by atoms with Gasteiger partial charge in [-0.05, 0) is 32.0 Å². The quantitative estimate of drug-likeness (QED) is 0.695. The Kier molecular flexibility index (Phi) is 9.62. The molecule has 92 valence electrons. The molecule has 0 amide bonds. The Hall–Kier alpha value is -1.77. The average Bonchev–Trinajstić information content (AvgIpc) is 2.33. The number of pyridine rings is 1. The van der Waals surface area contributed by atoms with Gasteiger partial charge in [0.1, 0.15) is 6.33 Å². The Bertz CT molecular complexity index is 322. The van der Waals surface area contributed by atoms with Gasteiger partial charge in [-0.25, -0.2) is 9.97 Å². The molecule has 2 heterocycles. The van der Waals surface area contributed by atoms with Crippen LogP contribution in [0.5, 0.6) is 0 Å². The maximum Gasteiger partial charge on any atom is 0.115 e. The van der Waals surface area contributed by atoms with E-state index >= 15 is 0 Å². The summed E-state index contributed by atoms with van der Waals surface area (Å²) in [5.74, 6) is 0. The fourth-order valence-electron chi connectivity index (χ4n) is 0.805. The van der Waals surface area contributed by atoms with Gasteiger partial charge in [0.25, 0.3) is 0 Å². The number of aryl methyl sites for hydroxylation is 2. The minimum Gasteiger partial charge on any atom is -0.262 e. The van der Waals surface area contributed by atoms with Gasteiger partial charge in [0.15, 0.2) is 0 Å². The second kappa shape index (κ2) is 10.7. The molecule has 0 bridgehead atoms. The van der Waals surface area contributed by atoms with Crippen LogP contribution in [0.3, 0.4) is 0 Å². The summed E-state index contributed by atoms with van der Waals surface area (Å²) in [6.07, 6.45) is 6.30. The molecule has 3 heteroatoms. The van der Waals surface area contributed by atoms with Gasteiger partial charge >= 0.3 is 0 Å². The van der Waals surface area contributed by atoms with Gasteiger partial charge in [0.05, 0.1) is 0 Å². The van der Waals surface area contributed by atoms with E-state index in [0.717, 1.165) is 11.4 Å². The summed E-state index contributed by atoms with van der Waals surface area (Å²) in [6.45, 7) is 8.15. The van der Waals surface area contributed by atoms with Gasteiger partial charge in [-0.2, -0.15) is 0 Å². The molecule has 0 fully saturated rings. The highest BCUT2D eigenvalue weighted by molar-refractivity contribution is 4.99. The molecule has 0 aliphatic heterocycles. The van der Waals surface area contributed by atoms with E-state index in [4.69, 9.17) is 0 Å². The van der Waals surface area contributed by atoms with E-state index in [-0.39, 0.29) is 0 Å². The summed E-state index contributed by atoms with van der Waals surface area (Å²) >= 11 is 0. The monoisotopic (exact) mass is 231 g/mol. The second-order valence-electron chi connectivity index (χ2n) is 3.53. The van der Waals surface area contributed by atoms with E-state index in [1.54, 1.807) is 12.4 Å². The molecule has 0 unspecified atom stereocenters. The molecule has 2 rings (SSSR count). The van der Waals surface area contributed by atoms with Crippen molar-refractivity contribution < 1.29 is 0 Å². The van der Waals surface area contributed by atoms with Gasteiger partial charge in [-0.3, -0.25) is 4.98 Å². The lowest BCUT2D eigenvalue weighted by Gasteiger charge is -1.82. The van der Waals surface area contributed by atoms with Crippen LogP contribution in [-0.2, 0) is 0 Å². The van der Waals surface area contributed by atoms with Crippen LogP contribution in [0.15, 0.2) is 43.0 Å². The smallest absolute Gasteiger partial charge is 0.115 e. The Morgan fingerprint density at radius 1 is 0.882 bits per heavy atom. The van der Waals surface area contributed by atoms with Crippen molar-refractivity contribution in [2.45, 2.75) is 34.1 Å². The number of aromatic nitrogens is 3. The number of nitrogens with zero attached hydrogens (tertiary/aromatic N) is 3. The van der Waals surface area contributed by atoms with E-state index in [1.807, 2.05) is 38.1 Å². The lowest BCUT2D eigenvalue weighted by Crippen LogP contribution is -1.77. The van der Waals surface area contributed by atoms with Crippen LogP contribution in [0.4, 0.5) is 0 Å². The Balaban J connectivity index is 0.000000247. The molecule has 0 saturated heterocycles. The molecule has 2 aromatic heterocycles. The molecule has 0 atom stereocenters. The molecule has 0 aliphatic rings. The third-order valence-electron chi connectivity index (χ3n) is 1.54. The fraction of sp³-hybridized carbons (Fsp3) is 0.357. The zero-order valence-electron chi connectivity index (χ0n) is 11.1. The van der Waals surface area contributed by atoms with Crippen LogP contribution < -0.4 is 0 Å². The summed E-state index contributed by atoms with van der Waals surface area (Å²) < 4.78 is 0. The first-order valence-electron chi connectivity index (χ1n) is 5.80. The van der Waals surface area contributed by atoms with Crippen molar-refractivity contribution in [2.24, 2.45) is 0 Å². The normalized spacial score (nSPS) is 8.24. The molecule has 0 N–H and O–H groups in total. The van der Waals surface area contributed by atoms with Crippen LogP contribution in [0.25, 0.3) is 0 Å². The lowest BCUT2D eigenvalue weighted by atomic mass is 10.4. The molecule has 17 heavy (non-hydrogen) atoms. The van der Waals surface area contributed by atoms with Crippen LogP contribution in [0.2, 0.25) is 0 Å².